The minimum absolute atomic E-state index is 0.0748. The van der Waals surface area contributed by atoms with Gasteiger partial charge in [-0.25, -0.2) is 10.6 Å². The maximum Gasteiger partial charge on any atom is 0.292 e. The lowest BCUT2D eigenvalue weighted by Crippen LogP contribution is -2.52. The van der Waals surface area contributed by atoms with E-state index in [1.807, 2.05) is 55.1 Å². The van der Waals surface area contributed by atoms with Crippen LogP contribution in [0, 0.1) is 0 Å². The quantitative estimate of drug-likeness (QED) is 0.0851. The zero-order chi connectivity index (χ0) is 47.8. The van der Waals surface area contributed by atoms with Crippen LogP contribution < -0.4 is 35.9 Å². The van der Waals surface area contributed by atoms with E-state index < -0.39 is 12.1 Å². The van der Waals surface area contributed by atoms with Crippen molar-refractivity contribution in [2.45, 2.75) is 63.7 Å². The van der Waals surface area contributed by atoms with Gasteiger partial charge in [0.2, 0.25) is 18.3 Å². The van der Waals surface area contributed by atoms with Crippen LogP contribution in [-0.2, 0) is 36.5 Å². The molecule has 1 fully saturated rings. The maximum absolute atomic E-state index is 13.1. The molecule has 0 radical (unpaired) electrons. The van der Waals surface area contributed by atoms with Crippen molar-refractivity contribution in [3.05, 3.63) is 108 Å². The molecule has 0 bridgehead atoms. The number of amides is 2. The SMILES string of the molecule is CC(C(=O)N1CCN(C)CC1)n1ncc(Nc2nc(N[C@@H]3CCc4ccccc43)c3cc[nH]c3n2)[n+]1C.CNC(=O)C(C)n1ncc(Nc2nc(N[C@@H]3CCc4ccccc43)c3cc[nH]c3n2)[n+]1C. The lowest BCUT2D eigenvalue weighted by atomic mass is 10.1. The van der Waals surface area contributed by atoms with E-state index in [2.05, 4.69) is 117 Å². The molecule has 7 heterocycles. The maximum atomic E-state index is 13.1. The van der Waals surface area contributed by atoms with Crippen LogP contribution in [0.4, 0.5) is 35.2 Å². The van der Waals surface area contributed by atoms with Gasteiger partial charge in [-0.3, -0.25) is 9.59 Å². The second kappa shape index (κ2) is 19.0. The van der Waals surface area contributed by atoms with Crippen LogP contribution in [0.2, 0.25) is 0 Å². The van der Waals surface area contributed by atoms with Gasteiger partial charge < -0.3 is 35.7 Å². The number of carbonyl (C=O) groups is 2. The Balaban J connectivity index is 0.000000162. The fraction of sp³-hybridized carbons (Fsp3) is 0.375. The number of carbonyl (C=O) groups excluding carboxylic acids is 2. The van der Waals surface area contributed by atoms with Gasteiger partial charge in [0.25, 0.3) is 29.4 Å². The van der Waals surface area contributed by atoms with Crippen LogP contribution in [-0.4, -0.2) is 112 Å². The molecule has 69 heavy (non-hydrogen) atoms. The first-order chi connectivity index (χ1) is 33.5. The number of H-pyrrole nitrogens is 2. The first-order valence-electron chi connectivity index (χ1n) is 23.5. The van der Waals surface area contributed by atoms with Crippen molar-refractivity contribution in [3.63, 3.8) is 0 Å². The van der Waals surface area contributed by atoms with Gasteiger partial charge in [0, 0.05) is 45.6 Å². The lowest BCUT2D eigenvalue weighted by Gasteiger charge is -2.33. The van der Waals surface area contributed by atoms with Crippen molar-refractivity contribution in [1.29, 1.82) is 0 Å². The Labute approximate surface area is 398 Å². The molecule has 1 saturated heterocycles. The number of aromatic amines is 2. The van der Waals surface area contributed by atoms with E-state index in [1.165, 1.54) is 22.3 Å². The molecule has 2 aromatic carbocycles. The van der Waals surface area contributed by atoms with Crippen LogP contribution in [0.15, 0.2) is 85.5 Å². The summed E-state index contributed by atoms with van der Waals surface area (Å²) in [6.07, 6.45) is 11.3. The van der Waals surface area contributed by atoms with Crippen molar-refractivity contribution in [2.24, 2.45) is 14.1 Å². The molecule has 356 valence electrons. The van der Waals surface area contributed by atoms with Gasteiger partial charge in [-0.05, 0) is 91.2 Å². The van der Waals surface area contributed by atoms with Crippen molar-refractivity contribution >= 4 is 69.0 Å². The zero-order valence-corrected chi connectivity index (χ0v) is 39.7. The van der Waals surface area contributed by atoms with Crippen LogP contribution >= 0.6 is 0 Å². The minimum atomic E-state index is -0.452. The van der Waals surface area contributed by atoms with E-state index in [0.29, 0.717) is 23.5 Å². The monoisotopic (exact) mass is 934 g/mol. The molecule has 3 aliphatic rings. The standard InChI is InChI=1S/C26H32N10O.C22H25N9O/c1-17(25(37)35-14-12-33(2)13-15-35)36-28-16-22(34(36)3)30-26-31-23-20(10-11-27-23)24(32-26)29-21-9-8-18-6-4-5-7-19(18)21;1-13(21(32)23-2)31-25-12-18(30(31)3)27-22-28-19-16(10-11-24-19)20(29-22)26-17-9-8-14-6-4-5-7-15(14)17/h4-7,10-11,16-17,21H,8-9,12-15H2,1-3H3,(H2,27,28,29,30,31,32);4-7,10-13,17H,8-9H2,1-3H3,(H3,23,24,25,26,27,28,29,32)/p+2/t17?,21-;13?,17-/m11/s1. The summed E-state index contributed by atoms with van der Waals surface area (Å²) in [5.74, 6) is 3.77. The number of benzene rings is 2. The summed E-state index contributed by atoms with van der Waals surface area (Å²) < 4.78 is 3.60. The molecule has 21 heteroatoms. The summed E-state index contributed by atoms with van der Waals surface area (Å²) in [5.41, 5.74) is 6.90. The Morgan fingerprint density at radius 2 is 1.14 bits per heavy atom. The highest BCUT2D eigenvalue weighted by Gasteiger charge is 2.31. The van der Waals surface area contributed by atoms with Crippen molar-refractivity contribution < 1.29 is 19.0 Å². The van der Waals surface area contributed by atoms with E-state index in [9.17, 15) is 9.59 Å². The van der Waals surface area contributed by atoms with Gasteiger partial charge >= 0.3 is 0 Å². The van der Waals surface area contributed by atoms with Crippen LogP contribution in [0.25, 0.3) is 22.1 Å². The third kappa shape index (κ3) is 8.99. The average Bonchev–Trinajstić information content (AvgIpc) is 4.25. The molecule has 1 aliphatic heterocycles. The summed E-state index contributed by atoms with van der Waals surface area (Å²) in [4.78, 5) is 57.8. The summed E-state index contributed by atoms with van der Waals surface area (Å²) in [6, 6.07) is 20.6. The number of piperazine rings is 1. The number of fused-ring (bicyclic) bond motifs is 4. The third-order valence-electron chi connectivity index (χ3n) is 13.6. The fourth-order valence-electron chi connectivity index (χ4n) is 9.61. The molecule has 0 saturated carbocycles. The van der Waals surface area contributed by atoms with Crippen LogP contribution in [0.3, 0.4) is 0 Å². The first kappa shape index (κ1) is 44.9. The molecule has 7 N–H and O–H groups in total. The Kier molecular flexibility index (Phi) is 12.3. The van der Waals surface area contributed by atoms with E-state index in [1.54, 1.807) is 40.6 Å². The molecule has 21 nitrogen and oxygen atoms in total. The normalized spacial score (nSPS) is 17.4. The molecule has 2 amide bonds. The zero-order valence-electron chi connectivity index (χ0n) is 39.7. The Bertz CT molecular complexity index is 3140. The molecule has 6 aromatic heterocycles. The number of nitrogens with zero attached hydrogens (tertiary/aromatic N) is 12. The van der Waals surface area contributed by atoms with E-state index in [4.69, 9.17) is 9.97 Å². The molecule has 11 rings (SSSR count). The van der Waals surface area contributed by atoms with Gasteiger partial charge in [-0.1, -0.05) is 58.1 Å². The summed E-state index contributed by atoms with van der Waals surface area (Å²) >= 11 is 0. The van der Waals surface area contributed by atoms with E-state index in [0.717, 1.165) is 85.6 Å². The molecule has 4 atom stereocenters. The number of nitrogens with one attached hydrogen (secondary N) is 7. The van der Waals surface area contributed by atoms with Crippen LogP contribution in [0.5, 0.6) is 0 Å². The molecule has 8 aromatic rings. The lowest BCUT2D eigenvalue weighted by molar-refractivity contribution is -0.746. The molecular formula is C48H59N19O2+2. The fourth-order valence-corrected chi connectivity index (χ4v) is 9.61. The summed E-state index contributed by atoms with van der Waals surface area (Å²) in [6.45, 7) is 6.93. The van der Waals surface area contributed by atoms with Crippen molar-refractivity contribution in [3.8, 4) is 0 Å². The van der Waals surface area contributed by atoms with Gasteiger partial charge in [0.15, 0.2) is 12.1 Å². The Morgan fingerprint density at radius 1 is 0.667 bits per heavy atom. The highest BCUT2D eigenvalue weighted by molar-refractivity contribution is 5.89. The molecule has 0 spiro atoms. The number of hydrogen-bond donors (Lipinski definition) is 7. The van der Waals surface area contributed by atoms with Gasteiger partial charge in [0.05, 0.1) is 37.0 Å². The second-order valence-corrected chi connectivity index (χ2v) is 17.9. The first-order valence-corrected chi connectivity index (χ1v) is 23.5. The van der Waals surface area contributed by atoms with Gasteiger partial charge in [-0.15, -0.1) is 0 Å². The predicted molar refractivity (Wildman–Crippen MR) is 261 cm³/mol. The smallest absolute Gasteiger partial charge is 0.292 e. The highest BCUT2D eigenvalue weighted by atomic mass is 16.2. The largest absolute Gasteiger partial charge is 0.362 e. The number of hydrogen-bond acceptors (Lipinski definition) is 13. The Hall–Kier alpha value is -7.94. The number of anilines is 6. The van der Waals surface area contributed by atoms with Crippen LogP contribution in [0.1, 0.15) is 73.1 Å². The number of aromatic nitrogens is 12. The number of rotatable bonds is 12. The second-order valence-electron chi connectivity index (χ2n) is 17.9. The van der Waals surface area contributed by atoms with Gasteiger partial charge in [-0.2, -0.15) is 29.3 Å². The topological polar surface area (TPSA) is 227 Å². The summed E-state index contributed by atoms with van der Waals surface area (Å²) in [5, 5.41) is 27.2. The van der Waals surface area contributed by atoms with E-state index >= 15 is 0 Å². The number of likely N-dealkylation sites (N-methyl/N-ethyl adjacent to an activating group) is 2. The van der Waals surface area contributed by atoms with E-state index in [-0.39, 0.29) is 23.9 Å². The minimum Gasteiger partial charge on any atom is -0.362 e. The van der Waals surface area contributed by atoms with Crippen molar-refractivity contribution in [2.75, 3.05) is 61.5 Å². The summed E-state index contributed by atoms with van der Waals surface area (Å²) in [7, 11) is 7.40. The molecular weight excluding hydrogens is 875 g/mol. The molecule has 2 aliphatic carbocycles. The number of aryl methyl sites for hydroxylation is 2. The average molecular weight is 934 g/mol. The molecule has 2 unspecified atom stereocenters. The third-order valence-corrected chi connectivity index (χ3v) is 13.6. The van der Waals surface area contributed by atoms with Crippen molar-refractivity contribution in [1.82, 2.24) is 64.8 Å². The predicted octanol–water partition coefficient (Wildman–Crippen LogP) is 4.29. The van der Waals surface area contributed by atoms with Gasteiger partial charge in [0.1, 0.15) is 22.9 Å². The highest BCUT2D eigenvalue weighted by Crippen LogP contribution is 2.37. The Morgan fingerprint density at radius 3 is 1.64 bits per heavy atom.